The van der Waals surface area contributed by atoms with Crippen molar-refractivity contribution in [1.29, 1.82) is 0 Å². The van der Waals surface area contributed by atoms with E-state index in [0.717, 1.165) is 10.5 Å². The first kappa shape index (κ1) is 19.4. The third-order valence-electron chi connectivity index (χ3n) is 3.65. The summed E-state index contributed by atoms with van der Waals surface area (Å²) >= 11 is 12.2. The first-order chi connectivity index (χ1) is 11.9. The van der Waals surface area contributed by atoms with Gasteiger partial charge in [-0.2, -0.15) is 0 Å². The Morgan fingerprint density at radius 1 is 1.12 bits per heavy atom. The van der Waals surface area contributed by atoms with E-state index in [0.29, 0.717) is 33.8 Å². The minimum atomic E-state index is -0.108. The fraction of sp³-hybridized carbons (Fsp3) is 0.278. The molecule has 2 rings (SSSR count). The van der Waals surface area contributed by atoms with Crippen LogP contribution in [0.4, 0.5) is 5.69 Å². The zero-order chi connectivity index (χ0) is 18.4. The summed E-state index contributed by atoms with van der Waals surface area (Å²) in [6, 6.07) is 10.7. The van der Waals surface area contributed by atoms with Gasteiger partial charge >= 0.3 is 0 Å². The minimum Gasteiger partial charge on any atom is -0.493 e. The molecule has 5 nitrogen and oxygen atoms in total. The molecule has 0 aliphatic carbocycles. The van der Waals surface area contributed by atoms with Crippen molar-refractivity contribution in [2.45, 2.75) is 6.54 Å². The standard InChI is InChI=1S/C18H20Cl2N2O3/c1-22(10-12-5-4-6-14(19)18(12)20)11-17(23)21-13-7-8-15(24-2)16(9-13)25-3/h4-9H,10-11H2,1-3H3,(H,21,23)/p+1. The van der Waals surface area contributed by atoms with Gasteiger partial charge in [-0.05, 0) is 18.2 Å². The van der Waals surface area contributed by atoms with E-state index in [-0.39, 0.29) is 12.5 Å². The number of ether oxygens (including phenoxy) is 2. The largest absolute Gasteiger partial charge is 0.493 e. The molecule has 0 aliphatic rings. The molecule has 1 amide bonds. The second-order valence-corrected chi connectivity index (χ2v) is 6.43. The summed E-state index contributed by atoms with van der Waals surface area (Å²) in [5.74, 6) is 1.06. The lowest BCUT2D eigenvalue weighted by atomic mass is 10.2. The van der Waals surface area contributed by atoms with Gasteiger partial charge in [-0.15, -0.1) is 0 Å². The summed E-state index contributed by atoms with van der Waals surface area (Å²) in [5.41, 5.74) is 1.56. The Balaban J connectivity index is 1.96. The monoisotopic (exact) mass is 383 g/mol. The Morgan fingerprint density at radius 3 is 2.52 bits per heavy atom. The second-order valence-electron chi connectivity index (χ2n) is 5.64. The van der Waals surface area contributed by atoms with Gasteiger partial charge < -0.3 is 19.7 Å². The van der Waals surface area contributed by atoms with E-state index in [9.17, 15) is 4.79 Å². The highest BCUT2D eigenvalue weighted by atomic mass is 35.5. The molecular weight excluding hydrogens is 363 g/mol. The van der Waals surface area contributed by atoms with E-state index in [1.807, 2.05) is 19.2 Å². The molecule has 2 N–H and O–H groups in total. The van der Waals surface area contributed by atoms with Crippen LogP contribution in [-0.4, -0.2) is 33.7 Å². The van der Waals surface area contributed by atoms with Gasteiger partial charge in [-0.25, -0.2) is 0 Å². The highest BCUT2D eigenvalue weighted by molar-refractivity contribution is 6.42. The van der Waals surface area contributed by atoms with Crippen molar-refractivity contribution in [1.82, 2.24) is 0 Å². The number of carbonyl (C=O) groups excluding carboxylic acids is 1. The molecule has 0 saturated carbocycles. The predicted molar refractivity (Wildman–Crippen MR) is 100 cm³/mol. The molecule has 0 spiro atoms. The van der Waals surface area contributed by atoms with E-state index >= 15 is 0 Å². The predicted octanol–water partition coefficient (Wildman–Crippen LogP) is 2.66. The molecule has 1 atom stereocenters. The van der Waals surface area contributed by atoms with E-state index in [2.05, 4.69) is 5.32 Å². The number of amides is 1. The fourth-order valence-corrected chi connectivity index (χ4v) is 2.85. The van der Waals surface area contributed by atoms with Crippen LogP contribution in [0.15, 0.2) is 36.4 Å². The van der Waals surface area contributed by atoms with Crippen LogP contribution in [0.3, 0.4) is 0 Å². The van der Waals surface area contributed by atoms with Crippen LogP contribution in [0.1, 0.15) is 5.56 Å². The first-order valence-corrected chi connectivity index (χ1v) is 8.46. The van der Waals surface area contributed by atoms with E-state index in [1.54, 1.807) is 38.5 Å². The molecule has 0 aliphatic heterocycles. The highest BCUT2D eigenvalue weighted by Crippen LogP contribution is 2.29. The average molecular weight is 384 g/mol. The zero-order valence-electron chi connectivity index (χ0n) is 14.4. The smallest absolute Gasteiger partial charge is 0.279 e. The van der Waals surface area contributed by atoms with Crippen LogP contribution in [-0.2, 0) is 11.3 Å². The summed E-state index contributed by atoms with van der Waals surface area (Å²) in [6.45, 7) is 0.885. The number of hydrogen-bond acceptors (Lipinski definition) is 3. The highest BCUT2D eigenvalue weighted by Gasteiger charge is 2.14. The van der Waals surface area contributed by atoms with Crippen LogP contribution in [0.2, 0.25) is 10.0 Å². The number of nitrogens with one attached hydrogen (secondary N) is 2. The first-order valence-electron chi connectivity index (χ1n) is 7.70. The number of halogens is 2. The number of anilines is 1. The number of hydrogen-bond donors (Lipinski definition) is 2. The second kappa shape index (κ2) is 8.94. The summed E-state index contributed by atoms with van der Waals surface area (Å²) < 4.78 is 10.4. The number of quaternary nitrogens is 1. The molecule has 0 aromatic heterocycles. The third kappa shape index (κ3) is 5.26. The Kier molecular flexibility index (Phi) is 6.93. The topological polar surface area (TPSA) is 52.0 Å². The Morgan fingerprint density at radius 2 is 1.84 bits per heavy atom. The molecule has 0 fully saturated rings. The molecule has 0 saturated heterocycles. The van der Waals surface area contributed by atoms with Gasteiger partial charge in [-0.3, -0.25) is 4.79 Å². The summed E-state index contributed by atoms with van der Waals surface area (Å²) in [7, 11) is 5.04. The maximum Gasteiger partial charge on any atom is 0.279 e. The average Bonchev–Trinajstić information content (AvgIpc) is 2.58. The number of methoxy groups -OCH3 is 2. The summed E-state index contributed by atoms with van der Waals surface area (Å²) in [4.78, 5) is 13.2. The van der Waals surface area contributed by atoms with Crippen LogP contribution < -0.4 is 19.7 Å². The SMILES string of the molecule is COc1ccc(NC(=O)C[NH+](C)Cc2cccc(Cl)c2Cl)cc1OC. The van der Waals surface area contributed by atoms with Gasteiger partial charge in [0.1, 0.15) is 6.54 Å². The zero-order valence-corrected chi connectivity index (χ0v) is 15.9. The molecule has 0 heterocycles. The Labute approximate surface area is 157 Å². The lowest BCUT2D eigenvalue weighted by molar-refractivity contribution is -0.885. The maximum atomic E-state index is 12.3. The fourth-order valence-electron chi connectivity index (χ4n) is 2.47. The van der Waals surface area contributed by atoms with Crippen molar-refractivity contribution in [2.24, 2.45) is 0 Å². The molecule has 2 aromatic rings. The normalized spacial score (nSPS) is 11.7. The number of benzene rings is 2. The van der Waals surface area contributed by atoms with E-state index < -0.39 is 0 Å². The molecule has 7 heteroatoms. The molecule has 25 heavy (non-hydrogen) atoms. The van der Waals surface area contributed by atoms with Gasteiger partial charge in [0.05, 0.1) is 31.3 Å². The minimum absolute atomic E-state index is 0.108. The number of likely N-dealkylation sites (N-methyl/N-ethyl adjacent to an activating group) is 1. The van der Waals surface area contributed by atoms with Gasteiger partial charge in [-0.1, -0.05) is 35.3 Å². The van der Waals surface area contributed by atoms with Crippen molar-refractivity contribution in [3.05, 3.63) is 52.0 Å². The Bertz CT molecular complexity index is 753. The van der Waals surface area contributed by atoms with Crippen LogP contribution in [0.5, 0.6) is 11.5 Å². The summed E-state index contributed by atoms with van der Waals surface area (Å²) in [5, 5.41) is 3.90. The maximum absolute atomic E-state index is 12.3. The Hall–Kier alpha value is -1.95. The van der Waals surface area contributed by atoms with Gasteiger partial charge in [0, 0.05) is 17.3 Å². The van der Waals surface area contributed by atoms with Gasteiger partial charge in [0.25, 0.3) is 5.91 Å². The van der Waals surface area contributed by atoms with Crippen molar-refractivity contribution in [2.75, 3.05) is 33.1 Å². The third-order valence-corrected chi connectivity index (χ3v) is 4.51. The summed E-state index contributed by atoms with van der Waals surface area (Å²) in [6.07, 6.45) is 0. The van der Waals surface area contributed by atoms with E-state index in [1.165, 1.54) is 0 Å². The van der Waals surface area contributed by atoms with Crippen LogP contribution >= 0.6 is 23.2 Å². The van der Waals surface area contributed by atoms with E-state index in [4.69, 9.17) is 32.7 Å². The van der Waals surface area contributed by atoms with Gasteiger partial charge in [0.2, 0.25) is 0 Å². The molecule has 0 radical (unpaired) electrons. The van der Waals surface area contributed by atoms with Gasteiger partial charge in [0.15, 0.2) is 18.0 Å². The lowest BCUT2D eigenvalue weighted by Gasteiger charge is -2.15. The molecule has 1 unspecified atom stereocenters. The molecule has 2 aromatic carbocycles. The van der Waals surface area contributed by atoms with Crippen LogP contribution in [0, 0.1) is 0 Å². The quantitative estimate of drug-likeness (QED) is 0.772. The number of rotatable bonds is 7. The molecular formula is C18H21Cl2N2O3+. The van der Waals surface area contributed by atoms with Crippen molar-refractivity contribution in [3.8, 4) is 11.5 Å². The van der Waals surface area contributed by atoms with Crippen molar-refractivity contribution >= 4 is 34.8 Å². The van der Waals surface area contributed by atoms with Crippen molar-refractivity contribution < 1.29 is 19.2 Å². The number of carbonyl (C=O) groups is 1. The molecule has 0 bridgehead atoms. The molecule has 134 valence electrons. The lowest BCUT2D eigenvalue weighted by Crippen LogP contribution is -3.08. The van der Waals surface area contributed by atoms with Crippen LogP contribution in [0.25, 0.3) is 0 Å². The van der Waals surface area contributed by atoms with Crippen molar-refractivity contribution in [3.63, 3.8) is 0 Å².